The van der Waals surface area contributed by atoms with Crippen molar-refractivity contribution in [2.75, 3.05) is 25.6 Å². The molecule has 3 aliphatic rings. The number of nitrogens with zero attached hydrogens (tertiary/aromatic N) is 1. The summed E-state index contributed by atoms with van der Waals surface area (Å²) < 4.78 is 11.4. The number of rotatable bonds is 7. The first kappa shape index (κ1) is 27.3. The molecule has 9 heteroatoms. The van der Waals surface area contributed by atoms with Gasteiger partial charge in [0.1, 0.15) is 0 Å². The monoisotopic (exact) mass is 568 g/mol. The minimum absolute atomic E-state index is 0.0999. The Balaban J connectivity index is 1.43. The molecule has 2 aliphatic carbocycles. The Morgan fingerprint density at radius 1 is 0.923 bits per heavy atom. The third-order valence-corrected chi connectivity index (χ3v) is 8.22. The average molecular weight is 569 g/mol. The largest absolute Gasteiger partial charge is 0.493 e. The van der Waals surface area contributed by atoms with Crippen molar-refractivity contribution >= 4 is 46.4 Å². The van der Waals surface area contributed by atoms with E-state index < -0.39 is 5.92 Å². The number of carbonyl (C=O) groups is 3. The molecule has 0 radical (unpaired) electrons. The summed E-state index contributed by atoms with van der Waals surface area (Å²) in [6.45, 7) is 2.54. The summed E-state index contributed by atoms with van der Waals surface area (Å²) in [5, 5.41) is 3.45. The van der Waals surface area contributed by atoms with Crippen LogP contribution < -0.4 is 14.8 Å². The number of methoxy groups -OCH3 is 1. The zero-order chi connectivity index (χ0) is 27.7. The van der Waals surface area contributed by atoms with E-state index in [4.69, 9.17) is 32.7 Å². The molecule has 2 aromatic rings. The first-order valence-electron chi connectivity index (χ1n) is 13.2. The van der Waals surface area contributed by atoms with E-state index in [1.54, 1.807) is 24.3 Å². The van der Waals surface area contributed by atoms with Gasteiger partial charge in [-0.2, -0.15) is 0 Å². The molecule has 0 saturated carbocycles. The fourth-order valence-electron chi connectivity index (χ4n) is 5.83. The van der Waals surface area contributed by atoms with Gasteiger partial charge >= 0.3 is 0 Å². The molecule has 7 nitrogen and oxygen atoms in total. The number of allylic oxidation sites excluding steroid dienone is 4. The van der Waals surface area contributed by atoms with E-state index in [9.17, 15) is 14.4 Å². The third-order valence-electron chi connectivity index (χ3n) is 7.49. The highest BCUT2D eigenvalue weighted by atomic mass is 35.5. The number of benzene rings is 2. The molecule has 0 aromatic heterocycles. The first-order chi connectivity index (χ1) is 18.8. The van der Waals surface area contributed by atoms with Crippen LogP contribution in [0.3, 0.4) is 0 Å². The molecule has 0 spiro atoms. The number of carbonyl (C=O) groups excluding carboxylic acids is 3. The minimum Gasteiger partial charge on any atom is -0.493 e. The fraction of sp³-hybridized carbons (Fsp3) is 0.367. The van der Waals surface area contributed by atoms with Crippen LogP contribution in [-0.2, 0) is 14.4 Å². The lowest BCUT2D eigenvalue weighted by Crippen LogP contribution is -2.39. The minimum atomic E-state index is -0.431. The summed E-state index contributed by atoms with van der Waals surface area (Å²) in [7, 11) is 1.52. The molecular formula is C30H30Cl2N2O5. The molecule has 1 N–H and O–H groups in total. The predicted molar refractivity (Wildman–Crippen MR) is 150 cm³/mol. The van der Waals surface area contributed by atoms with E-state index in [0.29, 0.717) is 40.1 Å². The number of nitrogens with one attached hydrogen (secondary N) is 1. The van der Waals surface area contributed by atoms with E-state index in [1.807, 2.05) is 12.1 Å². The average Bonchev–Trinajstić information content (AvgIpc) is 2.93. The summed E-state index contributed by atoms with van der Waals surface area (Å²) in [4.78, 5) is 41.3. The predicted octanol–water partition coefficient (Wildman–Crippen LogP) is 6.45. The Labute approximate surface area is 237 Å². The number of hydrogen-bond acceptors (Lipinski definition) is 6. The van der Waals surface area contributed by atoms with Gasteiger partial charge in [-0.05, 0) is 68.5 Å². The second-order valence-corrected chi connectivity index (χ2v) is 10.6. The maximum absolute atomic E-state index is 13.3. The van der Waals surface area contributed by atoms with Crippen LogP contribution in [0.25, 0.3) is 0 Å². The third kappa shape index (κ3) is 5.30. The Morgan fingerprint density at radius 2 is 1.59 bits per heavy atom. The van der Waals surface area contributed by atoms with Crippen molar-refractivity contribution in [2.24, 2.45) is 0 Å². The number of ketones is 2. The molecule has 1 amide bonds. The summed E-state index contributed by atoms with van der Waals surface area (Å²) >= 11 is 12.0. The number of amides is 1. The fourth-order valence-corrected chi connectivity index (χ4v) is 6.13. The Kier molecular flexibility index (Phi) is 8.01. The number of hydrogen-bond donors (Lipinski definition) is 1. The molecule has 204 valence electrons. The van der Waals surface area contributed by atoms with Gasteiger partial charge in [0.2, 0.25) is 0 Å². The number of Topliss-reactive ketones (excluding diaryl/α,β-unsaturated/α-hetero) is 2. The van der Waals surface area contributed by atoms with Crippen molar-refractivity contribution in [1.82, 2.24) is 4.90 Å². The lowest BCUT2D eigenvalue weighted by atomic mass is 9.71. The standard InChI is InChI=1S/C30H30Cl2N2O5/c1-3-34-21-6-4-8-23(35)29(21)28(30-22(34)7-5-9-24(30)36)17-10-13-25(26(14-17)38-2)39-16-27(37)33-18-11-12-19(31)20(32)15-18/h10-15,28H,3-9,16H2,1-2H3,(H,33,37). The molecule has 0 saturated heterocycles. The highest BCUT2D eigenvalue weighted by molar-refractivity contribution is 6.42. The van der Waals surface area contributed by atoms with Crippen molar-refractivity contribution in [3.63, 3.8) is 0 Å². The molecule has 0 unspecified atom stereocenters. The van der Waals surface area contributed by atoms with Gasteiger partial charge < -0.3 is 19.7 Å². The molecule has 39 heavy (non-hydrogen) atoms. The van der Waals surface area contributed by atoms with Gasteiger partial charge in [0.15, 0.2) is 29.7 Å². The summed E-state index contributed by atoms with van der Waals surface area (Å²) in [5.74, 6) is 0.190. The van der Waals surface area contributed by atoms with Gasteiger partial charge in [-0.25, -0.2) is 0 Å². The van der Waals surface area contributed by atoms with Gasteiger partial charge in [0.05, 0.1) is 17.2 Å². The normalized spacial score (nSPS) is 17.7. The van der Waals surface area contributed by atoms with Crippen LogP contribution in [0, 0.1) is 0 Å². The number of halogens is 2. The zero-order valence-corrected chi connectivity index (χ0v) is 23.5. The van der Waals surface area contributed by atoms with Crippen LogP contribution in [0.2, 0.25) is 10.0 Å². The van der Waals surface area contributed by atoms with Crippen LogP contribution in [0.1, 0.15) is 56.9 Å². The molecule has 0 bridgehead atoms. The highest BCUT2D eigenvalue weighted by Gasteiger charge is 2.43. The SMILES string of the molecule is CCN1C2=C(C(=O)CCC2)C(c2ccc(OCC(=O)Nc3ccc(Cl)c(Cl)c3)c(OC)c2)C2=C1CCCC2=O. The van der Waals surface area contributed by atoms with E-state index >= 15 is 0 Å². The Morgan fingerprint density at radius 3 is 2.18 bits per heavy atom. The van der Waals surface area contributed by atoms with Crippen molar-refractivity contribution in [2.45, 2.75) is 51.4 Å². The van der Waals surface area contributed by atoms with Crippen LogP contribution >= 0.6 is 23.2 Å². The number of ether oxygens (including phenoxy) is 2. The summed E-state index contributed by atoms with van der Waals surface area (Å²) in [5.41, 5.74) is 4.86. The maximum atomic E-state index is 13.3. The van der Waals surface area contributed by atoms with Crippen molar-refractivity contribution in [1.29, 1.82) is 0 Å². The Hall–Kier alpha value is -3.29. The van der Waals surface area contributed by atoms with Crippen molar-refractivity contribution in [3.8, 4) is 11.5 Å². The second-order valence-electron chi connectivity index (χ2n) is 9.83. The second kappa shape index (κ2) is 11.4. The first-order valence-corrected chi connectivity index (χ1v) is 13.9. The van der Waals surface area contributed by atoms with Gasteiger partial charge in [0, 0.05) is 53.5 Å². The van der Waals surface area contributed by atoms with Gasteiger partial charge in [0.25, 0.3) is 5.91 Å². The summed E-state index contributed by atoms with van der Waals surface area (Å²) in [6.07, 6.45) is 4.24. The topological polar surface area (TPSA) is 84.9 Å². The van der Waals surface area contributed by atoms with Crippen LogP contribution in [0.5, 0.6) is 11.5 Å². The van der Waals surface area contributed by atoms with E-state index in [1.165, 1.54) is 7.11 Å². The molecule has 1 aliphatic heterocycles. The van der Waals surface area contributed by atoms with E-state index in [-0.39, 0.29) is 24.1 Å². The van der Waals surface area contributed by atoms with Gasteiger partial charge in [-0.3, -0.25) is 14.4 Å². The molecule has 5 rings (SSSR count). The smallest absolute Gasteiger partial charge is 0.262 e. The van der Waals surface area contributed by atoms with E-state index in [2.05, 4.69) is 17.1 Å². The Bertz CT molecular complexity index is 1370. The molecular weight excluding hydrogens is 539 g/mol. The maximum Gasteiger partial charge on any atom is 0.262 e. The van der Waals surface area contributed by atoms with Gasteiger partial charge in [-0.1, -0.05) is 29.3 Å². The molecule has 1 heterocycles. The molecule has 0 fully saturated rings. The molecule has 2 aromatic carbocycles. The van der Waals surface area contributed by atoms with Crippen LogP contribution in [-0.4, -0.2) is 42.6 Å². The summed E-state index contributed by atoms with van der Waals surface area (Å²) in [6, 6.07) is 10.2. The van der Waals surface area contributed by atoms with Crippen molar-refractivity contribution in [3.05, 3.63) is 74.5 Å². The lowest BCUT2D eigenvalue weighted by Gasteiger charge is -2.43. The molecule has 0 atom stereocenters. The van der Waals surface area contributed by atoms with E-state index in [0.717, 1.165) is 60.3 Å². The lowest BCUT2D eigenvalue weighted by molar-refractivity contribution is -0.118. The highest BCUT2D eigenvalue weighted by Crippen LogP contribution is 2.49. The van der Waals surface area contributed by atoms with Gasteiger partial charge in [-0.15, -0.1) is 0 Å². The zero-order valence-electron chi connectivity index (χ0n) is 21.9. The van der Waals surface area contributed by atoms with Crippen LogP contribution in [0.15, 0.2) is 58.9 Å². The van der Waals surface area contributed by atoms with Crippen molar-refractivity contribution < 1.29 is 23.9 Å². The number of anilines is 1. The quantitative estimate of drug-likeness (QED) is 0.413. The van der Waals surface area contributed by atoms with Crippen LogP contribution in [0.4, 0.5) is 5.69 Å².